The van der Waals surface area contributed by atoms with E-state index in [-0.39, 0.29) is 0 Å². The first-order valence-corrected chi connectivity index (χ1v) is 7.54. The minimum absolute atomic E-state index is 0.603. The van der Waals surface area contributed by atoms with Crippen molar-refractivity contribution in [2.45, 2.75) is 0 Å². The van der Waals surface area contributed by atoms with Gasteiger partial charge in [-0.25, -0.2) is 0 Å². The van der Waals surface area contributed by atoms with Crippen LogP contribution < -0.4 is 20.1 Å². The van der Waals surface area contributed by atoms with Crippen molar-refractivity contribution in [1.29, 1.82) is 0 Å². The van der Waals surface area contributed by atoms with Crippen molar-refractivity contribution in [3.8, 4) is 11.5 Å². The van der Waals surface area contributed by atoms with Gasteiger partial charge in [-0.1, -0.05) is 23.2 Å². The first-order valence-electron chi connectivity index (χ1n) is 6.79. The molecule has 0 saturated carbocycles. The molecule has 0 bridgehead atoms. The highest BCUT2D eigenvalue weighted by Crippen LogP contribution is 2.29. The Bertz CT molecular complexity index is 636. The molecule has 2 aromatic rings. The van der Waals surface area contributed by atoms with Crippen LogP contribution in [0.4, 0.5) is 11.4 Å². The van der Waals surface area contributed by atoms with E-state index in [0.717, 1.165) is 22.9 Å². The van der Waals surface area contributed by atoms with Crippen LogP contribution in [0.5, 0.6) is 11.5 Å². The fraction of sp³-hybridized carbons (Fsp3) is 0.250. The molecule has 0 saturated heterocycles. The van der Waals surface area contributed by atoms with Gasteiger partial charge in [0, 0.05) is 24.2 Å². The molecule has 2 N–H and O–H groups in total. The van der Waals surface area contributed by atoms with Crippen LogP contribution in [0, 0.1) is 0 Å². The van der Waals surface area contributed by atoms with Crippen LogP contribution in [0.15, 0.2) is 36.4 Å². The maximum Gasteiger partial charge on any atom is 0.142 e. The van der Waals surface area contributed by atoms with Crippen LogP contribution in [-0.4, -0.2) is 27.3 Å². The Kier molecular flexibility index (Phi) is 6.04. The first kappa shape index (κ1) is 16.6. The molecule has 0 aromatic heterocycles. The Labute approximate surface area is 140 Å². The monoisotopic (exact) mass is 340 g/mol. The van der Waals surface area contributed by atoms with E-state index in [1.54, 1.807) is 26.4 Å². The smallest absolute Gasteiger partial charge is 0.142 e. The summed E-state index contributed by atoms with van der Waals surface area (Å²) in [6.07, 6.45) is 0. The standard InChI is InChI=1S/C16H18Cl2N2O2/c1-21-12-4-6-16(22-2)15(10-12)20-8-7-19-14-5-3-11(17)9-13(14)18/h3-6,9-10,19-20H,7-8H2,1-2H3. The lowest BCUT2D eigenvalue weighted by Gasteiger charge is -2.14. The summed E-state index contributed by atoms with van der Waals surface area (Å²) < 4.78 is 10.5. The molecular formula is C16H18Cl2N2O2. The van der Waals surface area contributed by atoms with Gasteiger partial charge in [-0.15, -0.1) is 0 Å². The third kappa shape index (κ3) is 4.36. The van der Waals surface area contributed by atoms with Crippen molar-refractivity contribution in [3.63, 3.8) is 0 Å². The molecule has 2 rings (SSSR count). The number of halogens is 2. The van der Waals surface area contributed by atoms with E-state index in [1.165, 1.54) is 0 Å². The molecule has 0 heterocycles. The van der Waals surface area contributed by atoms with Crippen LogP contribution >= 0.6 is 23.2 Å². The Morgan fingerprint density at radius 2 is 1.59 bits per heavy atom. The maximum absolute atomic E-state index is 6.11. The molecule has 2 aromatic carbocycles. The molecular weight excluding hydrogens is 323 g/mol. The first-order chi connectivity index (χ1) is 10.6. The van der Waals surface area contributed by atoms with Crippen molar-refractivity contribution >= 4 is 34.6 Å². The highest BCUT2D eigenvalue weighted by Gasteiger charge is 2.05. The Morgan fingerprint density at radius 3 is 2.23 bits per heavy atom. The van der Waals surface area contributed by atoms with Gasteiger partial charge in [0.1, 0.15) is 11.5 Å². The van der Waals surface area contributed by atoms with Crippen molar-refractivity contribution in [2.24, 2.45) is 0 Å². The topological polar surface area (TPSA) is 42.5 Å². The summed E-state index contributed by atoms with van der Waals surface area (Å²) in [5.41, 5.74) is 1.73. The zero-order chi connectivity index (χ0) is 15.9. The van der Waals surface area contributed by atoms with E-state index in [9.17, 15) is 0 Å². The van der Waals surface area contributed by atoms with Crippen molar-refractivity contribution in [3.05, 3.63) is 46.4 Å². The fourth-order valence-electron chi connectivity index (χ4n) is 1.98. The Hall–Kier alpha value is -1.78. The summed E-state index contributed by atoms with van der Waals surface area (Å²) in [4.78, 5) is 0. The highest BCUT2D eigenvalue weighted by molar-refractivity contribution is 6.36. The lowest BCUT2D eigenvalue weighted by atomic mass is 10.2. The zero-order valence-electron chi connectivity index (χ0n) is 12.5. The average molecular weight is 341 g/mol. The number of hydrogen-bond donors (Lipinski definition) is 2. The second-order valence-corrected chi connectivity index (χ2v) is 5.39. The number of rotatable bonds is 7. The van der Waals surface area contributed by atoms with Gasteiger partial charge in [0.25, 0.3) is 0 Å². The van der Waals surface area contributed by atoms with E-state index in [2.05, 4.69) is 10.6 Å². The molecule has 0 radical (unpaired) electrons. The molecule has 0 aliphatic carbocycles. The fourth-order valence-corrected chi connectivity index (χ4v) is 2.45. The summed E-state index contributed by atoms with van der Waals surface area (Å²) in [5.74, 6) is 1.54. The number of ether oxygens (including phenoxy) is 2. The van der Waals surface area contributed by atoms with Crippen molar-refractivity contribution < 1.29 is 9.47 Å². The third-order valence-electron chi connectivity index (χ3n) is 3.09. The summed E-state index contributed by atoms with van der Waals surface area (Å²) in [5, 5.41) is 7.78. The van der Waals surface area contributed by atoms with E-state index >= 15 is 0 Å². The van der Waals surface area contributed by atoms with Gasteiger partial charge in [0.15, 0.2) is 0 Å². The van der Waals surface area contributed by atoms with Gasteiger partial charge in [-0.2, -0.15) is 0 Å². The SMILES string of the molecule is COc1ccc(OC)c(NCCNc2ccc(Cl)cc2Cl)c1. The van der Waals surface area contributed by atoms with Crippen molar-refractivity contribution in [2.75, 3.05) is 37.9 Å². The van der Waals surface area contributed by atoms with Crippen LogP contribution in [0.1, 0.15) is 0 Å². The summed E-state index contributed by atoms with van der Waals surface area (Å²) in [6.45, 7) is 1.39. The van der Waals surface area contributed by atoms with Gasteiger partial charge in [-0.3, -0.25) is 0 Å². The highest BCUT2D eigenvalue weighted by atomic mass is 35.5. The zero-order valence-corrected chi connectivity index (χ0v) is 14.0. The van der Waals surface area contributed by atoms with E-state index in [0.29, 0.717) is 23.1 Å². The predicted octanol–water partition coefficient (Wildman–Crippen LogP) is 4.53. The molecule has 0 aliphatic heterocycles. The molecule has 22 heavy (non-hydrogen) atoms. The van der Waals surface area contributed by atoms with Crippen LogP contribution in [0.2, 0.25) is 10.0 Å². The largest absolute Gasteiger partial charge is 0.497 e. The maximum atomic E-state index is 6.11. The van der Waals surface area contributed by atoms with Gasteiger partial charge in [0.2, 0.25) is 0 Å². The van der Waals surface area contributed by atoms with Gasteiger partial charge >= 0.3 is 0 Å². The number of hydrogen-bond acceptors (Lipinski definition) is 4. The molecule has 6 heteroatoms. The van der Waals surface area contributed by atoms with E-state index in [4.69, 9.17) is 32.7 Å². The molecule has 0 unspecified atom stereocenters. The minimum Gasteiger partial charge on any atom is -0.497 e. The summed E-state index contributed by atoms with van der Waals surface area (Å²) >= 11 is 12.0. The summed E-state index contributed by atoms with van der Waals surface area (Å²) in [7, 11) is 3.27. The molecule has 4 nitrogen and oxygen atoms in total. The average Bonchev–Trinajstić information content (AvgIpc) is 2.53. The molecule has 0 fully saturated rings. The van der Waals surface area contributed by atoms with Crippen molar-refractivity contribution in [1.82, 2.24) is 0 Å². The molecule has 0 atom stereocenters. The molecule has 118 valence electrons. The summed E-state index contributed by atoms with van der Waals surface area (Å²) in [6, 6.07) is 11.0. The normalized spacial score (nSPS) is 10.2. The number of methoxy groups -OCH3 is 2. The van der Waals surface area contributed by atoms with E-state index in [1.807, 2.05) is 24.3 Å². The Morgan fingerprint density at radius 1 is 0.864 bits per heavy atom. The number of nitrogens with one attached hydrogen (secondary N) is 2. The molecule has 0 aliphatic rings. The molecule has 0 amide bonds. The molecule has 0 spiro atoms. The third-order valence-corrected chi connectivity index (χ3v) is 3.64. The number of anilines is 2. The van der Waals surface area contributed by atoms with Crippen LogP contribution in [0.3, 0.4) is 0 Å². The van der Waals surface area contributed by atoms with Gasteiger partial charge in [0.05, 0.1) is 30.6 Å². The van der Waals surface area contributed by atoms with Crippen LogP contribution in [-0.2, 0) is 0 Å². The van der Waals surface area contributed by atoms with Crippen LogP contribution in [0.25, 0.3) is 0 Å². The number of benzene rings is 2. The minimum atomic E-state index is 0.603. The van der Waals surface area contributed by atoms with Gasteiger partial charge < -0.3 is 20.1 Å². The second-order valence-electron chi connectivity index (χ2n) is 4.54. The van der Waals surface area contributed by atoms with Gasteiger partial charge in [-0.05, 0) is 30.3 Å². The van der Waals surface area contributed by atoms with E-state index < -0.39 is 0 Å². The Balaban J connectivity index is 1.91. The lowest BCUT2D eigenvalue weighted by molar-refractivity contribution is 0.404. The quantitative estimate of drug-likeness (QED) is 0.726. The second kappa shape index (κ2) is 8.01. The lowest BCUT2D eigenvalue weighted by Crippen LogP contribution is -2.14. The predicted molar refractivity (Wildman–Crippen MR) is 93.0 cm³/mol.